The van der Waals surface area contributed by atoms with E-state index in [0.29, 0.717) is 11.3 Å². The number of carboxylic acids is 1. The molecule has 4 aromatic rings. The predicted molar refractivity (Wildman–Crippen MR) is 87.4 cm³/mol. The van der Waals surface area contributed by atoms with Gasteiger partial charge in [-0.25, -0.2) is 14.3 Å². The van der Waals surface area contributed by atoms with E-state index >= 15 is 0 Å². The summed E-state index contributed by atoms with van der Waals surface area (Å²) in [6, 6.07) is 3.62. The summed E-state index contributed by atoms with van der Waals surface area (Å²) in [6.45, 7) is 5.29. The molecule has 4 aromatic heterocycles. The molecule has 4 heterocycles. The lowest BCUT2D eigenvalue weighted by Crippen LogP contribution is -1.98. The minimum Gasteiger partial charge on any atom is -0.476 e. The maximum atomic E-state index is 11.2. The first-order chi connectivity index (χ1) is 12.0. The minimum atomic E-state index is -1.12. The summed E-state index contributed by atoms with van der Waals surface area (Å²) >= 11 is 0. The number of aryl methyl sites for hydroxylation is 3. The van der Waals surface area contributed by atoms with E-state index in [4.69, 9.17) is 14.0 Å². The van der Waals surface area contributed by atoms with Crippen LogP contribution in [-0.4, -0.2) is 30.8 Å². The van der Waals surface area contributed by atoms with Crippen molar-refractivity contribution in [2.75, 3.05) is 0 Å². The van der Waals surface area contributed by atoms with Crippen LogP contribution in [0.25, 0.3) is 28.1 Å². The van der Waals surface area contributed by atoms with Gasteiger partial charge in [0.2, 0.25) is 5.89 Å². The van der Waals surface area contributed by atoms with E-state index in [1.807, 2.05) is 19.9 Å². The number of hydrogen-bond acceptors (Lipinski definition) is 6. The monoisotopic (exact) mass is 338 g/mol. The van der Waals surface area contributed by atoms with E-state index < -0.39 is 5.97 Å². The average Bonchev–Trinajstić information content (AvgIpc) is 3.24. The molecule has 0 saturated carbocycles. The normalized spacial score (nSPS) is 11.3. The van der Waals surface area contributed by atoms with Crippen LogP contribution in [0.3, 0.4) is 0 Å². The van der Waals surface area contributed by atoms with Gasteiger partial charge in [0, 0.05) is 17.3 Å². The molecule has 0 atom stereocenters. The molecule has 0 aliphatic carbocycles. The van der Waals surface area contributed by atoms with Gasteiger partial charge in [0.05, 0.1) is 23.0 Å². The van der Waals surface area contributed by atoms with E-state index in [-0.39, 0.29) is 17.3 Å². The number of hydrogen-bond donors (Lipinski definition) is 1. The van der Waals surface area contributed by atoms with Gasteiger partial charge >= 0.3 is 5.97 Å². The maximum Gasteiger partial charge on any atom is 0.358 e. The van der Waals surface area contributed by atoms with E-state index in [2.05, 4.69) is 15.2 Å². The Balaban J connectivity index is 1.90. The fraction of sp³-hybridized carbons (Fsp3) is 0.176. The number of aromatic nitrogens is 4. The number of pyridine rings is 1. The number of carboxylic acid groups (broad SMARTS) is 1. The van der Waals surface area contributed by atoms with Crippen molar-refractivity contribution >= 4 is 11.5 Å². The van der Waals surface area contributed by atoms with Gasteiger partial charge in [-0.3, -0.25) is 0 Å². The van der Waals surface area contributed by atoms with E-state index in [0.717, 1.165) is 22.3 Å². The van der Waals surface area contributed by atoms with Gasteiger partial charge in [-0.05, 0) is 32.9 Å². The van der Waals surface area contributed by atoms with Gasteiger partial charge < -0.3 is 14.0 Å². The van der Waals surface area contributed by atoms with E-state index in [1.165, 1.54) is 0 Å². The molecule has 126 valence electrons. The Hall–Kier alpha value is -3.42. The molecule has 0 fully saturated rings. The van der Waals surface area contributed by atoms with Gasteiger partial charge in [0.25, 0.3) is 0 Å². The zero-order valence-corrected chi connectivity index (χ0v) is 13.8. The molecule has 25 heavy (non-hydrogen) atoms. The molecule has 4 rings (SSSR count). The van der Waals surface area contributed by atoms with Crippen LogP contribution >= 0.6 is 0 Å². The molecule has 0 aliphatic heterocycles. The topological polar surface area (TPSA) is 107 Å². The third kappa shape index (κ3) is 2.30. The molecule has 8 heteroatoms. The summed E-state index contributed by atoms with van der Waals surface area (Å²) in [7, 11) is 0. The van der Waals surface area contributed by atoms with Crippen molar-refractivity contribution < 1.29 is 18.8 Å². The third-order valence-electron chi connectivity index (χ3n) is 4.07. The van der Waals surface area contributed by atoms with Gasteiger partial charge in [-0.1, -0.05) is 5.16 Å². The lowest BCUT2D eigenvalue weighted by molar-refractivity contribution is 0.0689. The number of rotatable bonds is 3. The molecule has 0 aliphatic rings. The van der Waals surface area contributed by atoms with Crippen LogP contribution in [-0.2, 0) is 0 Å². The molecule has 0 amide bonds. The van der Waals surface area contributed by atoms with Crippen molar-refractivity contribution in [1.82, 2.24) is 19.8 Å². The highest BCUT2D eigenvalue weighted by Crippen LogP contribution is 2.32. The van der Waals surface area contributed by atoms with Crippen molar-refractivity contribution in [2.45, 2.75) is 20.8 Å². The van der Waals surface area contributed by atoms with Crippen molar-refractivity contribution in [2.24, 2.45) is 0 Å². The standard InChI is InChI=1S/C17H14N4O4/c1-8-14(9(2)25-20-8)12-7-18-21-5-4-11(6-13(12)21)16-19-15(17(22)23)10(3)24-16/h4-7H,1-3H3,(H,22,23). The van der Waals surface area contributed by atoms with Crippen LogP contribution in [0.4, 0.5) is 0 Å². The highest BCUT2D eigenvalue weighted by Gasteiger charge is 2.19. The highest BCUT2D eigenvalue weighted by molar-refractivity contribution is 5.87. The number of aromatic carboxylic acids is 1. The molecule has 1 N–H and O–H groups in total. The van der Waals surface area contributed by atoms with Crippen LogP contribution in [0.1, 0.15) is 27.7 Å². The molecule has 0 radical (unpaired) electrons. The quantitative estimate of drug-likeness (QED) is 0.611. The number of fused-ring (bicyclic) bond motifs is 1. The lowest BCUT2D eigenvalue weighted by atomic mass is 10.1. The fourth-order valence-corrected chi connectivity index (χ4v) is 2.89. The molecule has 0 spiro atoms. The highest BCUT2D eigenvalue weighted by atomic mass is 16.5. The van der Waals surface area contributed by atoms with Crippen molar-refractivity contribution in [1.29, 1.82) is 0 Å². The second kappa shape index (κ2) is 5.30. The van der Waals surface area contributed by atoms with Gasteiger partial charge in [0.1, 0.15) is 11.5 Å². The molecule has 0 bridgehead atoms. The van der Waals surface area contributed by atoms with Crippen molar-refractivity contribution in [3.05, 3.63) is 47.4 Å². The Morgan fingerprint density at radius 2 is 2.04 bits per heavy atom. The molecule has 0 aromatic carbocycles. The molecular weight excluding hydrogens is 324 g/mol. The smallest absolute Gasteiger partial charge is 0.358 e. The summed E-state index contributed by atoms with van der Waals surface area (Å²) in [4.78, 5) is 15.2. The number of nitrogens with zero attached hydrogens (tertiary/aromatic N) is 4. The Morgan fingerprint density at radius 1 is 1.24 bits per heavy atom. The minimum absolute atomic E-state index is 0.0886. The molecular formula is C17H14N4O4. The summed E-state index contributed by atoms with van der Waals surface area (Å²) in [5, 5.41) is 17.5. The third-order valence-corrected chi connectivity index (χ3v) is 4.07. The van der Waals surface area contributed by atoms with Crippen molar-refractivity contribution in [3.63, 3.8) is 0 Å². The van der Waals surface area contributed by atoms with Crippen LogP contribution in [0.5, 0.6) is 0 Å². The van der Waals surface area contributed by atoms with Crippen LogP contribution < -0.4 is 0 Å². The molecule has 0 saturated heterocycles. The summed E-state index contributed by atoms with van der Waals surface area (Å²) in [6.07, 6.45) is 3.52. The Kier molecular flexibility index (Phi) is 3.21. The zero-order valence-electron chi connectivity index (χ0n) is 13.8. The Bertz CT molecular complexity index is 1100. The Morgan fingerprint density at radius 3 is 2.68 bits per heavy atom. The van der Waals surface area contributed by atoms with E-state index in [9.17, 15) is 4.79 Å². The first kappa shape index (κ1) is 15.1. The van der Waals surface area contributed by atoms with Gasteiger partial charge in [-0.2, -0.15) is 5.10 Å². The summed E-state index contributed by atoms with van der Waals surface area (Å²) in [5.74, 6) is 0.109. The Labute approximate surface area is 141 Å². The summed E-state index contributed by atoms with van der Waals surface area (Å²) in [5.41, 5.74) is 3.94. The van der Waals surface area contributed by atoms with Gasteiger partial charge in [-0.15, -0.1) is 0 Å². The average molecular weight is 338 g/mol. The molecule has 8 nitrogen and oxygen atoms in total. The lowest BCUT2D eigenvalue weighted by Gasteiger charge is -2.01. The van der Waals surface area contributed by atoms with Crippen molar-refractivity contribution in [3.8, 4) is 22.6 Å². The van der Waals surface area contributed by atoms with Gasteiger partial charge in [0.15, 0.2) is 5.69 Å². The first-order valence-electron chi connectivity index (χ1n) is 7.57. The predicted octanol–water partition coefficient (Wildman–Crippen LogP) is 3.27. The second-order valence-corrected chi connectivity index (χ2v) is 5.73. The van der Waals surface area contributed by atoms with Crippen LogP contribution in [0, 0.1) is 20.8 Å². The second-order valence-electron chi connectivity index (χ2n) is 5.73. The zero-order chi connectivity index (χ0) is 17.7. The summed E-state index contributed by atoms with van der Waals surface area (Å²) < 4.78 is 12.5. The van der Waals surface area contributed by atoms with E-state index in [1.54, 1.807) is 29.9 Å². The van der Waals surface area contributed by atoms with Crippen LogP contribution in [0.15, 0.2) is 33.5 Å². The molecule has 0 unspecified atom stereocenters. The largest absolute Gasteiger partial charge is 0.476 e. The fourth-order valence-electron chi connectivity index (χ4n) is 2.89. The first-order valence-corrected chi connectivity index (χ1v) is 7.57. The van der Waals surface area contributed by atoms with Crippen LogP contribution in [0.2, 0.25) is 0 Å². The number of carbonyl (C=O) groups is 1. The SMILES string of the molecule is Cc1noc(C)c1-c1cnn2ccc(-c3nc(C(=O)O)c(C)o3)cc12. The number of oxazole rings is 1. The maximum absolute atomic E-state index is 11.2.